The first-order chi connectivity index (χ1) is 6.90. The molecule has 0 aliphatic carbocycles. The Morgan fingerprint density at radius 1 is 1.53 bits per heavy atom. The van der Waals surface area contributed by atoms with Gasteiger partial charge in [-0.15, -0.1) is 0 Å². The lowest BCUT2D eigenvalue weighted by atomic mass is 10.1. The summed E-state index contributed by atoms with van der Waals surface area (Å²) in [6.45, 7) is 1.93. The fraction of sp³-hybridized carbons (Fsp3) is 0.600. The van der Waals surface area contributed by atoms with Crippen molar-refractivity contribution in [1.82, 2.24) is 0 Å². The maximum absolute atomic E-state index is 10.9. The van der Waals surface area contributed by atoms with E-state index in [2.05, 4.69) is 0 Å². The molecule has 0 amide bonds. The highest BCUT2D eigenvalue weighted by Crippen LogP contribution is 2.20. The number of aryl methyl sites for hydroxylation is 1. The predicted molar refractivity (Wildman–Crippen MR) is 59.3 cm³/mol. The summed E-state index contributed by atoms with van der Waals surface area (Å²) in [5.41, 5.74) is 6.90. The molecule has 5 heteroatoms. The Morgan fingerprint density at radius 3 is 2.67 bits per heavy atom. The zero-order chi connectivity index (χ0) is 11.5. The van der Waals surface area contributed by atoms with Crippen molar-refractivity contribution in [2.45, 2.75) is 25.8 Å². The van der Waals surface area contributed by atoms with Gasteiger partial charge in [-0.2, -0.15) is 0 Å². The molecule has 2 N–H and O–H groups in total. The van der Waals surface area contributed by atoms with E-state index in [1.54, 1.807) is 6.26 Å². The van der Waals surface area contributed by atoms with E-state index in [4.69, 9.17) is 10.2 Å². The SMILES string of the molecule is Cc1ccoc1C(N)CCCS(C)(=O)=O. The second-order valence-electron chi connectivity index (χ2n) is 3.85. The highest BCUT2D eigenvalue weighted by Gasteiger charge is 2.13. The summed E-state index contributed by atoms with van der Waals surface area (Å²) < 4.78 is 27.0. The van der Waals surface area contributed by atoms with Crippen LogP contribution in [0.1, 0.15) is 30.2 Å². The summed E-state index contributed by atoms with van der Waals surface area (Å²) >= 11 is 0. The molecule has 0 aromatic carbocycles. The molecule has 1 unspecified atom stereocenters. The summed E-state index contributed by atoms with van der Waals surface area (Å²) in [5.74, 6) is 0.934. The van der Waals surface area contributed by atoms with Gasteiger partial charge in [0.1, 0.15) is 15.6 Å². The minimum Gasteiger partial charge on any atom is -0.467 e. The van der Waals surface area contributed by atoms with Gasteiger partial charge in [-0.25, -0.2) is 8.42 Å². The molecule has 0 fully saturated rings. The van der Waals surface area contributed by atoms with Crippen LogP contribution in [-0.2, 0) is 9.84 Å². The van der Waals surface area contributed by atoms with Gasteiger partial charge in [0.2, 0.25) is 0 Å². The third kappa shape index (κ3) is 4.05. The van der Waals surface area contributed by atoms with Crippen LogP contribution < -0.4 is 5.73 Å². The number of rotatable bonds is 5. The highest BCUT2D eigenvalue weighted by atomic mass is 32.2. The molecule has 1 aromatic rings. The third-order valence-corrected chi connectivity index (χ3v) is 3.30. The van der Waals surface area contributed by atoms with Gasteiger partial charge in [-0.1, -0.05) is 0 Å². The smallest absolute Gasteiger partial charge is 0.147 e. The van der Waals surface area contributed by atoms with Gasteiger partial charge in [0.15, 0.2) is 0 Å². The second kappa shape index (κ2) is 4.81. The topological polar surface area (TPSA) is 73.3 Å². The van der Waals surface area contributed by atoms with E-state index in [1.807, 2.05) is 13.0 Å². The van der Waals surface area contributed by atoms with Crippen LogP contribution in [0.2, 0.25) is 0 Å². The van der Waals surface area contributed by atoms with Crippen LogP contribution >= 0.6 is 0 Å². The summed E-state index contributed by atoms with van der Waals surface area (Å²) in [5, 5.41) is 0. The third-order valence-electron chi connectivity index (χ3n) is 2.27. The molecular weight excluding hydrogens is 214 g/mol. The molecule has 0 spiro atoms. The summed E-state index contributed by atoms with van der Waals surface area (Å²) in [6, 6.07) is 1.65. The average molecular weight is 231 g/mol. The monoisotopic (exact) mass is 231 g/mol. The fourth-order valence-corrected chi connectivity index (χ4v) is 2.15. The first-order valence-electron chi connectivity index (χ1n) is 4.87. The van der Waals surface area contributed by atoms with Gasteiger partial charge in [0.25, 0.3) is 0 Å². The van der Waals surface area contributed by atoms with Gasteiger partial charge in [0.05, 0.1) is 12.3 Å². The van der Waals surface area contributed by atoms with E-state index in [0.29, 0.717) is 12.8 Å². The zero-order valence-electron chi connectivity index (χ0n) is 9.06. The Labute approximate surface area is 90.4 Å². The van der Waals surface area contributed by atoms with Crippen molar-refractivity contribution < 1.29 is 12.8 Å². The molecule has 15 heavy (non-hydrogen) atoms. The second-order valence-corrected chi connectivity index (χ2v) is 6.11. The van der Waals surface area contributed by atoms with Crippen LogP contribution in [0.25, 0.3) is 0 Å². The Kier molecular flexibility index (Phi) is 3.93. The molecule has 0 saturated heterocycles. The van der Waals surface area contributed by atoms with Crippen molar-refractivity contribution >= 4 is 9.84 Å². The van der Waals surface area contributed by atoms with Crippen molar-refractivity contribution in [3.8, 4) is 0 Å². The molecule has 0 aliphatic heterocycles. The predicted octanol–water partition coefficient (Wildman–Crippen LogP) is 1.41. The van der Waals surface area contributed by atoms with Gasteiger partial charge in [0, 0.05) is 12.0 Å². The molecule has 4 nitrogen and oxygen atoms in total. The summed E-state index contributed by atoms with van der Waals surface area (Å²) in [6.07, 6.45) is 4.03. The first-order valence-corrected chi connectivity index (χ1v) is 6.93. The molecule has 1 aromatic heterocycles. The van der Waals surface area contributed by atoms with Gasteiger partial charge in [-0.3, -0.25) is 0 Å². The number of hydrogen-bond donors (Lipinski definition) is 1. The van der Waals surface area contributed by atoms with Gasteiger partial charge in [-0.05, 0) is 31.4 Å². The largest absolute Gasteiger partial charge is 0.467 e. The Balaban J connectivity index is 2.44. The van der Waals surface area contributed by atoms with Crippen LogP contribution in [0.5, 0.6) is 0 Å². The molecule has 1 heterocycles. The quantitative estimate of drug-likeness (QED) is 0.831. The van der Waals surface area contributed by atoms with Crippen LogP contribution in [0.15, 0.2) is 16.7 Å². The maximum atomic E-state index is 10.9. The van der Waals surface area contributed by atoms with Crippen LogP contribution in [-0.4, -0.2) is 20.4 Å². The molecule has 0 aliphatic rings. The van der Waals surface area contributed by atoms with E-state index in [-0.39, 0.29) is 11.8 Å². The average Bonchev–Trinajstić information content (AvgIpc) is 2.48. The zero-order valence-corrected chi connectivity index (χ0v) is 9.88. The van der Waals surface area contributed by atoms with Crippen LogP contribution in [0.3, 0.4) is 0 Å². The summed E-state index contributed by atoms with van der Waals surface area (Å²) in [4.78, 5) is 0. The standard InChI is InChI=1S/C10H17NO3S/c1-8-5-6-14-10(8)9(11)4-3-7-15(2,12)13/h5-6,9H,3-4,7,11H2,1-2H3. The minimum atomic E-state index is -2.88. The van der Waals surface area contributed by atoms with E-state index in [1.165, 1.54) is 6.26 Å². The van der Waals surface area contributed by atoms with Crippen molar-refractivity contribution in [3.63, 3.8) is 0 Å². The Morgan fingerprint density at radius 2 is 2.20 bits per heavy atom. The molecule has 86 valence electrons. The van der Waals surface area contributed by atoms with E-state index < -0.39 is 9.84 Å². The molecule has 0 bridgehead atoms. The Hall–Kier alpha value is -0.810. The normalized spacial score (nSPS) is 14.1. The molecule has 0 saturated carbocycles. The van der Waals surface area contributed by atoms with Crippen LogP contribution in [0.4, 0.5) is 0 Å². The first kappa shape index (κ1) is 12.3. The Bertz CT molecular complexity index is 408. The molecule has 1 atom stereocenters. The van der Waals surface area contributed by atoms with E-state index in [9.17, 15) is 8.42 Å². The van der Waals surface area contributed by atoms with Crippen LogP contribution in [0, 0.1) is 6.92 Å². The maximum Gasteiger partial charge on any atom is 0.147 e. The van der Waals surface area contributed by atoms with Gasteiger partial charge >= 0.3 is 0 Å². The lowest BCUT2D eigenvalue weighted by molar-refractivity contribution is 0.447. The number of sulfone groups is 1. The van der Waals surface area contributed by atoms with Crippen molar-refractivity contribution in [1.29, 1.82) is 0 Å². The highest BCUT2D eigenvalue weighted by molar-refractivity contribution is 7.90. The summed E-state index contributed by atoms with van der Waals surface area (Å²) in [7, 11) is -2.88. The lowest BCUT2D eigenvalue weighted by Gasteiger charge is -2.09. The van der Waals surface area contributed by atoms with Crippen molar-refractivity contribution in [2.24, 2.45) is 5.73 Å². The van der Waals surface area contributed by atoms with Gasteiger partial charge < -0.3 is 10.2 Å². The number of hydrogen-bond acceptors (Lipinski definition) is 4. The minimum absolute atomic E-state index is 0.181. The van der Waals surface area contributed by atoms with E-state index >= 15 is 0 Å². The number of furan rings is 1. The van der Waals surface area contributed by atoms with Crippen molar-refractivity contribution in [3.05, 3.63) is 23.7 Å². The molecule has 0 radical (unpaired) electrons. The lowest BCUT2D eigenvalue weighted by Crippen LogP contribution is -2.12. The van der Waals surface area contributed by atoms with E-state index in [0.717, 1.165) is 11.3 Å². The molecule has 1 rings (SSSR count). The fourth-order valence-electron chi connectivity index (χ4n) is 1.46. The van der Waals surface area contributed by atoms with Crippen molar-refractivity contribution in [2.75, 3.05) is 12.0 Å². The molecular formula is C10H17NO3S. The number of nitrogens with two attached hydrogens (primary N) is 1.